The van der Waals surface area contributed by atoms with Gasteiger partial charge in [0, 0.05) is 18.7 Å². The van der Waals surface area contributed by atoms with Gasteiger partial charge < -0.3 is 15.0 Å². The van der Waals surface area contributed by atoms with Crippen LogP contribution in [0.1, 0.15) is 23.0 Å². The van der Waals surface area contributed by atoms with E-state index in [0.717, 1.165) is 11.4 Å². The van der Waals surface area contributed by atoms with Crippen LogP contribution in [-0.2, 0) is 4.79 Å². The zero-order valence-electron chi connectivity index (χ0n) is 12.8. The van der Waals surface area contributed by atoms with Crippen LogP contribution >= 0.6 is 11.3 Å². The number of carbonyl (C=O) groups excluding carboxylic acids is 2. The average Bonchev–Trinajstić information content (AvgIpc) is 3.18. The van der Waals surface area contributed by atoms with Crippen LogP contribution in [0.4, 0.5) is 5.69 Å². The van der Waals surface area contributed by atoms with Crippen molar-refractivity contribution in [2.45, 2.75) is 19.4 Å². The van der Waals surface area contributed by atoms with Crippen molar-refractivity contribution in [2.24, 2.45) is 0 Å². The van der Waals surface area contributed by atoms with Gasteiger partial charge in [0.1, 0.15) is 5.75 Å². The fourth-order valence-corrected chi connectivity index (χ4v) is 3.23. The molecule has 23 heavy (non-hydrogen) atoms. The number of anilines is 1. The maximum absolute atomic E-state index is 12.2. The van der Waals surface area contributed by atoms with Crippen LogP contribution in [-0.4, -0.2) is 31.0 Å². The van der Waals surface area contributed by atoms with E-state index in [4.69, 9.17) is 4.74 Å². The zero-order valence-corrected chi connectivity index (χ0v) is 13.6. The lowest BCUT2D eigenvalue weighted by atomic mass is 10.2. The molecule has 1 aliphatic rings. The summed E-state index contributed by atoms with van der Waals surface area (Å²) in [5.74, 6) is 0.683. The fraction of sp³-hybridized carbons (Fsp3) is 0.294. The molecule has 2 aromatic rings. The molecule has 0 bridgehead atoms. The van der Waals surface area contributed by atoms with Crippen molar-refractivity contribution in [2.75, 3.05) is 18.1 Å². The summed E-state index contributed by atoms with van der Waals surface area (Å²) in [4.78, 5) is 26.7. The number of rotatable bonds is 5. The SMILES string of the molecule is CCOc1ccc(N2C[C@@H](NC(=O)c3cccs3)CC2=O)cc1. The molecule has 0 radical (unpaired) electrons. The number of nitrogens with one attached hydrogen (secondary N) is 1. The highest BCUT2D eigenvalue weighted by Crippen LogP contribution is 2.24. The van der Waals surface area contributed by atoms with Crippen LogP contribution in [0.2, 0.25) is 0 Å². The highest BCUT2D eigenvalue weighted by atomic mass is 32.1. The van der Waals surface area contributed by atoms with Crippen molar-refractivity contribution >= 4 is 28.8 Å². The molecule has 1 fully saturated rings. The highest BCUT2D eigenvalue weighted by molar-refractivity contribution is 7.12. The third-order valence-corrected chi connectivity index (χ3v) is 4.53. The molecule has 5 nitrogen and oxygen atoms in total. The van der Waals surface area contributed by atoms with Crippen molar-refractivity contribution in [1.82, 2.24) is 5.32 Å². The number of hydrogen-bond acceptors (Lipinski definition) is 4. The molecule has 1 aromatic carbocycles. The molecule has 3 rings (SSSR count). The van der Waals surface area contributed by atoms with Gasteiger partial charge in [-0.1, -0.05) is 6.07 Å². The molecule has 0 spiro atoms. The fourth-order valence-electron chi connectivity index (χ4n) is 2.61. The quantitative estimate of drug-likeness (QED) is 0.917. The number of benzene rings is 1. The zero-order chi connectivity index (χ0) is 16.2. The summed E-state index contributed by atoms with van der Waals surface area (Å²) in [6.07, 6.45) is 0.324. The second-order valence-corrected chi connectivity index (χ2v) is 6.23. The van der Waals surface area contributed by atoms with E-state index in [2.05, 4.69) is 5.32 Å². The Hall–Kier alpha value is -2.34. The Morgan fingerprint density at radius 2 is 2.13 bits per heavy atom. The van der Waals surface area contributed by atoms with Gasteiger partial charge in [0.15, 0.2) is 0 Å². The van der Waals surface area contributed by atoms with Gasteiger partial charge >= 0.3 is 0 Å². The molecule has 1 atom stereocenters. The number of hydrogen-bond donors (Lipinski definition) is 1. The molecule has 6 heteroatoms. The first kappa shape index (κ1) is 15.6. The largest absolute Gasteiger partial charge is 0.494 e. The second kappa shape index (κ2) is 6.83. The Bertz CT molecular complexity index is 682. The van der Waals surface area contributed by atoms with E-state index in [9.17, 15) is 9.59 Å². The number of carbonyl (C=O) groups is 2. The van der Waals surface area contributed by atoms with Crippen LogP contribution in [0.3, 0.4) is 0 Å². The number of ether oxygens (including phenoxy) is 1. The average molecular weight is 330 g/mol. The van der Waals surface area contributed by atoms with Crippen molar-refractivity contribution in [3.63, 3.8) is 0 Å². The molecular formula is C17H18N2O3S. The molecule has 120 valence electrons. The summed E-state index contributed by atoms with van der Waals surface area (Å²) in [5.41, 5.74) is 0.825. The van der Waals surface area contributed by atoms with E-state index >= 15 is 0 Å². The van der Waals surface area contributed by atoms with Gasteiger partial charge in [-0.15, -0.1) is 11.3 Å². The predicted octanol–water partition coefficient (Wildman–Crippen LogP) is 2.68. The third kappa shape index (κ3) is 3.53. The van der Waals surface area contributed by atoms with Crippen molar-refractivity contribution in [1.29, 1.82) is 0 Å². The van der Waals surface area contributed by atoms with Crippen LogP contribution < -0.4 is 15.0 Å². The minimum Gasteiger partial charge on any atom is -0.494 e. The Morgan fingerprint density at radius 1 is 1.35 bits per heavy atom. The predicted molar refractivity (Wildman–Crippen MR) is 90.2 cm³/mol. The van der Waals surface area contributed by atoms with Crippen molar-refractivity contribution in [3.05, 3.63) is 46.7 Å². The molecule has 0 unspecified atom stereocenters. The molecule has 0 saturated carbocycles. The summed E-state index contributed by atoms with van der Waals surface area (Å²) in [6.45, 7) is 3.03. The van der Waals surface area contributed by atoms with E-state index in [1.165, 1.54) is 11.3 Å². The lowest BCUT2D eigenvalue weighted by molar-refractivity contribution is -0.117. The Labute approximate surface area is 138 Å². The summed E-state index contributed by atoms with van der Waals surface area (Å²) in [6, 6.07) is 10.9. The maximum Gasteiger partial charge on any atom is 0.261 e. The summed E-state index contributed by atoms with van der Waals surface area (Å²) >= 11 is 1.39. The summed E-state index contributed by atoms with van der Waals surface area (Å²) < 4.78 is 5.41. The van der Waals surface area contributed by atoms with Crippen molar-refractivity contribution < 1.29 is 14.3 Å². The van der Waals surface area contributed by atoms with Gasteiger partial charge in [0.2, 0.25) is 5.91 Å². The lowest BCUT2D eigenvalue weighted by Crippen LogP contribution is -2.36. The molecule has 1 saturated heterocycles. The van der Waals surface area contributed by atoms with E-state index in [0.29, 0.717) is 24.4 Å². The molecular weight excluding hydrogens is 312 g/mol. The lowest BCUT2D eigenvalue weighted by Gasteiger charge is -2.17. The number of amides is 2. The molecule has 0 aliphatic carbocycles. The standard InChI is InChI=1S/C17H18N2O3S/c1-2-22-14-7-5-13(6-8-14)19-11-12(10-16(19)20)18-17(21)15-4-3-9-23-15/h3-9,12H,2,10-11H2,1H3,(H,18,21)/t12-/m0/s1. The van der Waals surface area contributed by atoms with Crippen molar-refractivity contribution in [3.8, 4) is 5.75 Å². The van der Waals surface area contributed by atoms with Gasteiger partial charge in [-0.2, -0.15) is 0 Å². The minimum absolute atomic E-state index is 0.0191. The van der Waals surface area contributed by atoms with Crippen LogP contribution in [0.25, 0.3) is 0 Å². The van der Waals surface area contributed by atoms with Gasteiger partial charge in [-0.25, -0.2) is 0 Å². The van der Waals surface area contributed by atoms with Gasteiger partial charge in [-0.05, 0) is 42.6 Å². The number of nitrogens with zero attached hydrogens (tertiary/aromatic N) is 1. The first-order chi connectivity index (χ1) is 11.2. The van der Waals surface area contributed by atoms with Gasteiger partial charge in [-0.3, -0.25) is 9.59 Å². The van der Waals surface area contributed by atoms with Crippen LogP contribution in [0.15, 0.2) is 41.8 Å². The van der Waals surface area contributed by atoms with Gasteiger partial charge in [0.05, 0.1) is 17.5 Å². The molecule has 2 heterocycles. The summed E-state index contributed by atoms with van der Waals surface area (Å²) in [7, 11) is 0. The smallest absolute Gasteiger partial charge is 0.261 e. The third-order valence-electron chi connectivity index (χ3n) is 3.66. The summed E-state index contributed by atoms with van der Waals surface area (Å²) in [5, 5.41) is 4.79. The monoisotopic (exact) mass is 330 g/mol. The first-order valence-corrected chi connectivity index (χ1v) is 8.43. The Kier molecular flexibility index (Phi) is 4.62. The molecule has 1 N–H and O–H groups in total. The second-order valence-electron chi connectivity index (χ2n) is 5.28. The topological polar surface area (TPSA) is 58.6 Å². The minimum atomic E-state index is -0.163. The molecule has 2 amide bonds. The van der Waals surface area contributed by atoms with E-state index in [1.807, 2.05) is 42.6 Å². The number of thiophene rings is 1. The van der Waals surface area contributed by atoms with Gasteiger partial charge in [0.25, 0.3) is 5.91 Å². The van der Waals surface area contributed by atoms with Crippen LogP contribution in [0, 0.1) is 0 Å². The molecule has 1 aromatic heterocycles. The van der Waals surface area contributed by atoms with Crippen LogP contribution in [0.5, 0.6) is 5.75 Å². The normalized spacial score (nSPS) is 17.3. The van der Waals surface area contributed by atoms with E-state index in [1.54, 1.807) is 11.0 Å². The first-order valence-electron chi connectivity index (χ1n) is 7.55. The highest BCUT2D eigenvalue weighted by Gasteiger charge is 2.31. The maximum atomic E-state index is 12.2. The Morgan fingerprint density at radius 3 is 2.78 bits per heavy atom. The molecule has 1 aliphatic heterocycles. The van der Waals surface area contributed by atoms with E-state index < -0.39 is 0 Å². The Balaban J connectivity index is 1.64. The van der Waals surface area contributed by atoms with E-state index in [-0.39, 0.29) is 17.9 Å².